The van der Waals surface area contributed by atoms with E-state index in [1.165, 1.54) is 6.92 Å². The summed E-state index contributed by atoms with van der Waals surface area (Å²) >= 11 is 11.8. The first-order valence-corrected chi connectivity index (χ1v) is 5.72. The minimum Gasteiger partial charge on any atom is -0.478 e. The third kappa shape index (κ3) is 3.03. The molecule has 1 aromatic rings. The molecule has 0 unspecified atom stereocenters. The fourth-order valence-electron chi connectivity index (χ4n) is 1.30. The molecule has 0 aliphatic rings. The Bertz CT molecular complexity index is 396. The Labute approximate surface area is 110 Å². The molecule has 4 nitrogen and oxygen atoms in total. The predicted molar refractivity (Wildman–Crippen MR) is 67.5 cm³/mol. The van der Waals surface area contributed by atoms with Crippen LogP contribution >= 0.6 is 23.4 Å². The van der Waals surface area contributed by atoms with Gasteiger partial charge in [0.2, 0.25) is 0 Å². The molecule has 0 aliphatic heterocycles. The molecule has 0 radical (unpaired) electrons. The van der Waals surface area contributed by atoms with Gasteiger partial charge in [0.1, 0.15) is 0 Å². The number of hydrogen-bond acceptors (Lipinski definition) is 3. The number of carboxylic acids is 1. The zero-order chi connectivity index (χ0) is 13.1. The first kappa shape index (κ1) is 14.1. The summed E-state index contributed by atoms with van der Waals surface area (Å²) < 4.78 is 6.24. The van der Waals surface area contributed by atoms with Crippen LogP contribution in [0, 0.1) is 0 Å². The molecule has 0 bridgehead atoms. The van der Waals surface area contributed by atoms with Gasteiger partial charge in [-0.1, -0.05) is 11.6 Å². The number of hydrogen-bond donors (Lipinski definition) is 1. The van der Waals surface area contributed by atoms with Crippen molar-refractivity contribution in [3.63, 3.8) is 0 Å². The van der Waals surface area contributed by atoms with Crippen LogP contribution in [0.5, 0.6) is 0 Å². The van der Waals surface area contributed by atoms with Crippen LogP contribution in [0.4, 0.5) is 5.69 Å². The third-order valence-corrected chi connectivity index (χ3v) is 3.02. The van der Waals surface area contributed by atoms with Crippen molar-refractivity contribution in [3.05, 3.63) is 29.3 Å². The highest BCUT2D eigenvalue weighted by atomic mass is 35.5. The van der Waals surface area contributed by atoms with Crippen LogP contribution in [0.2, 0.25) is 5.02 Å². The van der Waals surface area contributed by atoms with E-state index in [2.05, 4.69) is 0 Å². The van der Waals surface area contributed by atoms with Crippen molar-refractivity contribution in [1.29, 1.82) is 0 Å². The summed E-state index contributed by atoms with van der Waals surface area (Å²) in [4.78, 5) is 11.2. The van der Waals surface area contributed by atoms with Gasteiger partial charge < -0.3 is 9.84 Å². The molecule has 0 heterocycles. The van der Waals surface area contributed by atoms with Gasteiger partial charge in [0.15, 0.2) is 0 Å². The fourth-order valence-corrected chi connectivity index (χ4v) is 1.66. The van der Waals surface area contributed by atoms with Gasteiger partial charge in [-0.15, -0.1) is 0 Å². The summed E-state index contributed by atoms with van der Waals surface area (Å²) in [7, 11) is 0. The van der Waals surface area contributed by atoms with Gasteiger partial charge in [-0.25, -0.2) is 9.21 Å². The number of carbonyl (C=O) groups is 1. The average Bonchev–Trinajstić information content (AvgIpc) is 2.29. The molecular formula is C11H13Cl2NO3. The molecule has 1 rings (SSSR count). The number of halogens is 2. The number of rotatable bonds is 5. The lowest BCUT2D eigenvalue weighted by Crippen LogP contribution is -2.50. The number of anilines is 1. The maximum absolute atomic E-state index is 11.2. The summed E-state index contributed by atoms with van der Waals surface area (Å²) in [5.41, 5.74) is -1.13. The molecule has 94 valence electrons. The van der Waals surface area contributed by atoms with E-state index in [9.17, 15) is 9.90 Å². The molecule has 0 saturated heterocycles. The molecule has 0 saturated carbocycles. The van der Waals surface area contributed by atoms with Gasteiger partial charge in [0.25, 0.3) is 5.72 Å². The minimum absolute atomic E-state index is 0.236. The van der Waals surface area contributed by atoms with Gasteiger partial charge in [-0.3, -0.25) is 0 Å². The summed E-state index contributed by atoms with van der Waals surface area (Å²) in [6, 6.07) is 6.49. The third-order valence-electron chi connectivity index (χ3n) is 2.25. The van der Waals surface area contributed by atoms with Crippen molar-refractivity contribution in [2.45, 2.75) is 19.6 Å². The number of ether oxygens (including phenoxy) is 1. The maximum Gasteiger partial charge on any atom is 0.358 e. The SMILES string of the molecule is CCO[C@](C)(C(=O)O)N(Cl)c1ccc(Cl)cc1. The Morgan fingerprint density at radius 1 is 1.47 bits per heavy atom. The Hall–Kier alpha value is -0.970. The highest BCUT2D eigenvalue weighted by Gasteiger charge is 2.40. The highest BCUT2D eigenvalue weighted by molar-refractivity contribution is 6.31. The van der Waals surface area contributed by atoms with E-state index in [1.807, 2.05) is 0 Å². The summed E-state index contributed by atoms with van der Waals surface area (Å²) in [6.07, 6.45) is 0. The molecule has 1 atom stereocenters. The maximum atomic E-state index is 11.2. The van der Waals surface area contributed by atoms with Crippen LogP contribution in [0.25, 0.3) is 0 Å². The van der Waals surface area contributed by atoms with Crippen molar-refractivity contribution < 1.29 is 14.6 Å². The normalized spacial score (nSPS) is 14.1. The molecule has 0 aliphatic carbocycles. The predicted octanol–water partition coefficient (Wildman–Crippen LogP) is 3.14. The number of carboxylic acid groups (broad SMARTS) is 1. The minimum atomic E-state index is -1.62. The zero-order valence-electron chi connectivity index (χ0n) is 9.48. The Balaban J connectivity index is 3.03. The average molecular weight is 278 g/mol. The van der Waals surface area contributed by atoms with E-state index in [0.717, 1.165) is 4.42 Å². The van der Waals surface area contributed by atoms with Crippen LogP contribution in [0.1, 0.15) is 13.8 Å². The summed E-state index contributed by atoms with van der Waals surface area (Å²) in [6.45, 7) is 3.33. The zero-order valence-corrected chi connectivity index (χ0v) is 11.0. The Morgan fingerprint density at radius 3 is 2.41 bits per heavy atom. The van der Waals surface area contributed by atoms with Crippen LogP contribution in [0.15, 0.2) is 24.3 Å². The fraction of sp³-hybridized carbons (Fsp3) is 0.364. The number of aliphatic carboxylic acids is 1. The lowest BCUT2D eigenvalue weighted by Gasteiger charge is -2.33. The van der Waals surface area contributed by atoms with Crippen molar-refractivity contribution in [1.82, 2.24) is 0 Å². The molecule has 0 aromatic heterocycles. The second-order valence-corrected chi connectivity index (χ2v) is 4.25. The van der Waals surface area contributed by atoms with Crippen molar-refractivity contribution in [2.24, 2.45) is 0 Å². The summed E-state index contributed by atoms with van der Waals surface area (Å²) in [5.74, 6) is -1.16. The second-order valence-electron chi connectivity index (χ2n) is 3.48. The highest BCUT2D eigenvalue weighted by Crippen LogP contribution is 2.29. The van der Waals surface area contributed by atoms with Gasteiger partial charge in [-0.2, -0.15) is 0 Å². The van der Waals surface area contributed by atoms with Crippen LogP contribution < -0.4 is 4.42 Å². The van der Waals surface area contributed by atoms with Crippen molar-refractivity contribution in [2.75, 3.05) is 11.0 Å². The van der Waals surface area contributed by atoms with E-state index >= 15 is 0 Å². The largest absolute Gasteiger partial charge is 0.478 e. The lowest BCUT2D eigenvalue weighted by molar-refractivity contribution is -0.161. The quantitative estimate of drug-likeness (QED) is 0.664. The molecule has 1 aromatic carbocycles. The van der Waals surface area contributed by atoms with E-state index < -0.39 is 11.7 Å². The van der Waals surface area contributed by atoms with E-state index in [1.54, 1.807) is 31.2 Å². The van der Waals surface area contributed by atoms with Crippen molar-refractivity contribution >= 4 is 35.0 Å². The first-order valence-electron chi connectivity index (χ1n) is 5.00. The van der Waals surface area contributed by atoms with E-state index in [-0.39, 0.29) is 6.61 Å². The van der Waals surface area contributed by atoms with E-state index in [0.29, 0.717) is 10.7 Å². The Kier molecular flexibility index (Phi) is 4.62. The second kappa shape index (κ2) is 5.58. The molecule has 0 fully saturated rings. The van der Waals surface area contributed by atoms with Crippen LogP contribution in [-0.2, 0) is 9.53 Å². The van der Waals surface area contributed by atoms with Gasteiger partial charge in [0.05, 0.1) is 5.69 Å². The van der Waals surface area contributed by atoms with Crippen LogP contribution in [-0.4, -0.2) is 23.4 Å². The molecule has 1 N–H and O–H groups in total. The van der Waals surface area contributed by atoms with Crippen LogP contribution in [0.3, 0.4) is 0 Å². The first-order chi connectivity index (χ1) is 7.91. The number of nitrogens with zero attached hydrogens (tertiary/aromatic N) is 1. The lowest BCUT2D eigenvalue weighted by atomic mass is 10.2. The van der Waals surface area contributed by atoms with Gasteiger partial charge in [-0.05, 0) is 38.1 Å². The standard InChI is InChI=1S/C11H13Cl2NO3/c1-3-17-11(2,10(15)16)14(13)9-6-4-8(12)5-7-9/h4-7H,3H2,1-2H3,(H,15,16)/t11-/m1/s1. The van der Waals surface area contributed by atoms with Gasteiger partial charge in [0, 0.05) is 23.4 Å². The molecule has 6 heteroatoms. The van der Waals surface area contributed by atoms with Crippen molar-refractivity contribution in [3.8, 4) is 0 Å². The molecular weight excluding hydrogens is 265 g/mol. The van der Waals surface area contributed by atoms with Gasteiger partial charge >= 0.3 is 5.97 Å². The number of benzene rings is 1. The molecule has 0 amide bonds. The topological polar surface area (TPSA) is 49.8 Å². The smallest absolute Gasteiger partial charge is 0.358 e. The summed E-state index contributed by atoms with van der Waals surface area (Å²) in [5, 5.41) is 9.72. The monoisotopic (exact) mass is 277 g/mol. The Morgan fingerprint density at radius 2 is 2.00 bits per heavy atom. The molecule has 17 heavy (non-hydrogen) atoms. The van der Waals surface area contributed by atoms with E-state index in [4.69, 9.17) is 28.1 Å². The molecule has 0 spiro atoms.